The third-order valence-electron chi connectivity index (χ3n) is 5.58. The molecule has 0 aliphatic rings. The Labute approximate surface area is 171 Å². The Morgan fingerprint density at radius 3 is 1.47 bits per heavy atom. The largest absolute Gasteiger partial charge is 0.353 e. The number of H-pyrrole nitrogens is 2. The Hall–Kier alpha value is -4.25. The molecule has 4 N–H and O–H groups in total. The van der Waals surface area contributed by atoms with Crippen molar-refractivity contribution >= 4 is 61.0 Å². The van der Waals surface area contributed by atoms with Crippen molar-refractivity contribution in [2.24, 2.45) is 0 Å². The standard InChI is InChI=1S/C25H18N4O/c30-25(28-21-13-5-9-17-15-7-1-3-11-19(15)26-23(17)21)29-22-14-6-10-18-16-8-2-4-12-20(16)27-24(18)22/h1-14,26-27H,(H2,28,29,30). The lowest BCUT2D eigenvalue weighted by atomic mass is 10.1. The van der Waals surface area contributed by atoms with Crippen molar-refractivity contribution in [3.05, 3.63) is 84.9 Å². The summed E-state index contributed by atoms with van der Waals surface area (Å²) in [6, 6.07) is 27.8. The number of carbonyl (C=O) groups is 1. The van der Waals surface area contributed by atoms with Gasteiger partial charge in [-0.1, -0.05) is 60.7 Å². The molecule has 0 unspecified atom stereocenters. The maximum Gasteiger partial charge on any atom is 0.323 e. The molecule has 0 aliphatic heterocycles. The molecule has 0 fully saturated rings. The summed E-state index contributed by atoms with van der Waals surface area (Å²) < 4.78 is 0. The first-order valence-electron chi connectivity index (χ1n) is 9.85. The lowest BCUT2D eigenvalue weighted by Crippen LogP contribution is -2.19. The first kappa shape index (κ1) is 16.7. The van der Waals surface area contributed by atoms with Gasteiger partial charge in [-0.2, -0.15) is 0 Å². The summed E-state index contributed by atoms with van der Waals surface area (Å²) in [5.74, 6) is 0. The molecule has 0 spiro atoms. The maximum atomic E-state index is 12.8. The SMILES string of the molecule is O=C(Nc1cccc2c1[nH]c1ccccc12)Nc1cccc2c1[nH]c1ccccc12. The quantitative estimate of drug-likeness (QED) is 0.264. The van der Waals surface area contributed by atoms with Gasteiger partial charge in [0.25, 0.3) is 0 Å². The second kappa shape index (κ2) is 6.39. The minimum Gasteiger partial charge on any atom is -0.353 e. The van der Waals surface area contributed by atoms with Crippen LogP contribution >= 0.6 is 0 Å². The van der Waals surface area contributed by atoms with Gasteiger partial charge < -0.3 is 20.6 Å². The van der Waals surface area contributed by atoms with Crippen LogP contribution in [0.1, 0.15) is 0 Å². The van der Waals surface area contributed by atoms with Gasteiger partial charge in [0.2, 0.25) is 0 Å². The molecule has 0 bridgehead atoms. The number of aromatic amines is 2. The fraction of sp³-hybridized carbons (Fsp3) is 0. The van der Waals surface area contributed by atoms with Crippen molar-refractivity contribution < 1.29 is 4.79 Å². The zero-order valence-electron chi connectivity index (χ0n) is 16.0. The number of hydrogen-bond acceptors (Lipinski definition) is 1. The van der Waals surface area contributed by atoms with Crippen molar-refractivity contribution in [2.75, 3.05) is 10.6 Å². The lowest BCUT2D eigenvalue weighted by Gasteiger charge is -2.09. The van der Waals surface area contributed by atoms with Gasteiger partial charge in [0, 0.05) is 32.6 Å². The molecule has 2 amide bonds. The smallest absolute Gasteiger partial charge is 0.323 e. The highest BCUT2D eigenvalue weighted by Crippen LogP contribution is 2.32. The van der Waals surface area contributed by atoms with Crippen LogP contribution < -0.4 is 10.6 Å². The summed E-state index contributed by atoms with van der Waals surface area (Å²) >= 11 is 0. The number of anilines is 2. The van der Waals surface area contributed by atoms with Crippen LogP contribution in [0.3, 0.4) is 0 Å². The zero-order chi connectivity index (χ0) is 20.1. The van der Waals surface area contributed by atoms with Gasteiger partial charge in [-0.05, 0) is 24.3 Å². The molecule has 5 heteroatoms. The topological polar surface area (TPSA) is 72.7 Å². The van der Waals surface area contributed by atoms with Crippen LogP contribution in [0.25, 0.3) is 43.6 Å². The van der Waals surface area contributed by atoms with Crippen LogP contribution in [-0.4, -0.2) is 16.0 Å². The number of urea groups is 1. The highest BCUT2D eigenvalue weighted by Gasteiger charge is 2.13. The molecule has 2 heterocycles. The summed E-state index contributed by atoms with van der Waals surface area (Å²) in [7, 11) is 0. The molecule has 0 saturated carbocycles. The maximum absolute atomic E-state index is 12.8. The highest BCUT2D eigenvalue weighted by atomic mass is 16.2. The molecule has 0 radical (unpaired) electrons. The van der Waals surface area contributed by atoms with Crippen molar-refractivity contribution in [2.45, 2.75) is 0 Å². The summed E-state index contributed by atoms with van der Waals surface area (Å²) in [6.45, 7) is 0. The summed E-state index contributed by atoms with van der Waals surface area (Å²) in [5.41, 5.74) is 5.40. The van der Waals surface area contributed by atoms with Crippen molar-refractivity contribution in [1.29, 1.82) is 0 Å². The van der Waals surface area contributed by atoms with Crippen LogP contribution in [0.4, 0.5) is 16.2 Å². The number of para-hydroxylation sites is 4. The van der Waals surface area contributed by atoms with Crippen molar-refractivity contribution in [3.63, 3.8) is 0 Å². The number of benzene rings is 4. The molecular formula is C25H18N4O. The Morgan fingerprint density at radius 1 is 0.533 bits per heavy atom. The fourth-order valence-corrected chi connectivity index (χ4v) is 4.23. The molecule has 144 valence electrons. The van der Waals surface area contributed by atoms with Gasteiger partial charge in [0.15, 0.2) is 0 Å². The second-order valence-corrected chi connectivity index (χ2v) is 7.38. The van der Waals surface area contributed by atoms with Gasteiger partial charge in [0.05, 0.1) is 22.4 Å². The van der Waals surface area contributed by atoms with Gasteiger partial charge in [-0.15, -0.1) is 0 Å². The van der Waals surface area contributed by atoms with Gasteiger partial charge in [-0.25, -0.2) is 4.79 Å². The zero-order valence-corrected chi connectivity index (χ0v) is 16.0. The Bertz CT molecular complexity index is 1460. The van der Waals surface area contributed by atoms with Crippen LogP contribution in [-0.2, 0) is 0 Å². The molecule has 2 aromatic heterocycles. The van der Waals surface area contributed by atoms with Crippen LogP contribution in [0, 0.1) is 0 Å². The van der Waals surface area contributed by atoms with E-state index in [1.165, 1.54) is 0 Å². The number of carbonyl (C=O) groups excluding carboxylic acids is 1. The number of amides is 2. The third kappa shape index (κ3) is 2.53. The number of rotatable bonds is 2. The Morgan fingerprint density at radius 2 is 0.967 bits per heavy atom. The number of nitrogens with one attached hydrogen (secondary N) is 4. The average molecular weight is 390 g/mol. The van der Waals surface area contributed by atoms with E-state index in [2.05, 4.69) is 44.9 Å². The monoisotopic (exact) mass is 390 g/mol. The second-order valence-electron chi connectivity index (χ2n) is 7.38. The van der Waals surface area contributed by atoms with Crippen molar-refractivity contribution in [3.8, 4) is 0 Å². The predicted octanol–water partition coefficient (Wildman–Crippen LogP) is 6.60. The molecule has 0 atom stereocenters. The molecule has 4 aromatic carbocycles. The Balaban J connectivity index is 1.36. The number of fused-ring (bicyclic) bond motifs is 6. The minimum atomic E-state index is -0.285. The van der Waals surface area contributed by atoms with E-state index in [4.69, 9.17) is 0 Å². The lowest BCUT2D eigenvalue weighted by molar-refractivity contribution is 0.262. The number of hydrogen-bond donors (Lipinski definition) is 4. The van der Waals surface area contributed by atoms with Crippen LogP contribution in [0.5, 0.6) is 0 Å². The highest BCUT2D eigenvalue weighted by molar-refractivity contribution is 6.16. The summed E-state index contributed by atoms with van der Waals surface area (Å²) in [4.78, 5) is 19.7. The van der Waals surface area contributed by atoms with E-state index in [-0.39, 0.29) is 6.03 Å². The van der Waals surface area contributed by atoms with Gasteiger partial charge in [0.1, 0.15) is 0 Å². The summed E-state index contributed by atoms with van der Waals surface area (Å²) in [5, 5.41) is 10.4. The molecule has 5 nitrogen and oxygen atoms in total. The van der Waals surface area contributed by atoms with E-state index in [0.29, 0.717) is 0 Å². The third-order valence-corrected chi connectivity index (χ3v) is 5.58. The average Bonchev–Trinajstić information content (AvgIpc) is 3.34. The Kier molecular flexibility index (Phi) is 3.55. The fourth-order valence-electron chi connectivity index (χ4n) is 4.23. The van der Waals surface area contributed by atoms with Gasteiger partial charge in [-0.3, -0.25) is 0 Å². The van der Waals surface area contributed by atoms with Gasteiger partial charge >= 0.3 is 6.03 Å². The molecule has 6 rings (SSSR count). The molecule has 30 heavy (non-hydrogen) atoms. The van der Waals surface area contributed by atoms with E-state index in [0.717, 1.165) is 55.0 Å². The van der Waals surface area contributed by atoms with E-state index in [9.17, 15) is 4.79 Å². The van der Waals surface area contributed by atoms with E-state index in [1.54, 1.807) is 0 Å². The molecule has 6 aromatic rings. The minimum absolute atomic E-state index is 0.285. The first-order valence-corrected chi connectivity index (χ1v) is 9.85. The molecular weight excluding hydrogens is 372 g/mol. The van der Waals surface area contributed by atoms with Crippen LogP contribution in [0.2, 0.25) is 0 Å². The molecule has 0 saturated heterocycles. The van der Waals surface area contributed by atoms with E-state index in [1.807, 2.05) is 60.7 Å². The first-order chi connectivity index (χ1) is 14.8. The molecule has 0 aliphatic carbocycles. The van der Waals surface area contributed by atoms with E-state index >= 15 is 0 Å². The number of aromatic nitrogens is 2. The van der Waals surface area contributed by atoms with Crippen LogP contribution in [0.15, 0.2) is 84.9 Å². The normalized spacial score (nSPS) is 11.5. The van der Waals surface area contributed by atoms with E-state index < -0.39 is 0 Å². The predicted molar refractivity (Wildman–Crippen MR) is 124 cm³/mol. The summed E-state index contributed by atoms with van der Waals surface area (Å²) in [6.07, 6.45) is 0. The van der Waals surface area contributed by atoms with Crippen molar-refractivity contribution in [1.82, 2.24) is 9.97 Å².